The first-order chi connectivity index (χ1) is 61.8. The van der Waals surface area contributed by atoms with Crippen molar-refractivity contribution in [3.63, 3.8) is 0 Å². The van der Waals surface area contributed by atoms with Crippen molar-refractivity contribution in [2.45, 2.75) is 231 Å². The van der Waals surface area contributed by atoms with Gasteiger partial charge in [0.05, 0.1) is 45.6 Å². The molecule has 129 heavy (non-hydrogen) atoms. The maximum atomic E-state index is 15.8. The first-order valence-electron chi connectivity index (χ1n) is 49.3. The van der Waals surface area contributed by atoms with Gasteiger partial charge in [0.1, 0.15) is 0 Å². The Hall–Kier alpha value is -9.71. The van der Waals surface area contributed by atoms with Crippen LogP contribution in [0.3, 0.4) is 0 Å². The summed E-state index contributed by atoms with van der Waals surface area (Å²) >= 11 is 0. The zero-order valence-electron chi connectivity index (χ0n) is 77.7. The van der Waals surface area contributed by atoms with Crippen LogP contribution in [0.1, 0.15) is 221 Å². The van der Waals surface area contributed by atoms with E-state index in [9.17, 15) is 0 Å². The number of nitrogens with zero attached hydrogens (tertiary/aromatic N) is 6. The topological polar surface area (TPSA) is 138 Å². The number of aromatic nitrogens is 6. The summed E-state index contributed by atoms with van der Waals surface area (Å²) in [7, 11) is 8.53. The Labute approximate surface area is 780 Å². The van der Waals surface area contributed by atoms with Crippen LogP contribution in [0.25, 0.3) is 134 Å². The van der Waals surface area contributed by atoms with Crippen molar-refractivity contribution in [2.24, 2.45) is 99.2 Å². The molecule has 0 amide bonds. The third kappa shape index (κ3) is 12.2. The first-order valence-corrected chi connectivity index (χ1v) is 49.3. The molecule has 14 aromatic rings. The number of rotatable bonds is 12. The standard InChI is InChI=1S/2C59H63N3O2.Hf/c2*1-32-18-44(56(63)45(19-32)58-26-36-20-37(27-58)22-38(21-36)28-58)54-51(42-12-7-9-16-48(42)61(54)5)46-14-11-15-47(60-46)52-43-13-8-10-17-49(43)62(6)55(52)50-34(3)33(2)35(4)53(57(50)64)59-29-39-23-40(30-59)25-41(24-39)31-59;/h2*7-19,36-41,63-64H,20-31H2,1-6H3;/q;;+4/p-4. The molecule has 0 radical (unpaired) electrons. The van der Waals surface area contributed by atoms with Crippen molar-refractivity contribution in [1.29, 1.82) is 0 Å². The van der Waals surface area contributed by atoms with Crippen LogP contribution < -0.4 is 20.4 Å². The third-order valence-corrected chi connectivity index (χ3v) is 37.4. The van der Waals surface area contributed by atoms with Crippen LogP contribution in [0.4, 0.5) is 0 Å². The Kier molecular flexibility index (Phi) is 18.9. The molecule has 0 atom stereocenters. The molecule has 0 spiro atoms. The van der Waals surface area contributed by atoms with Gasteiger partial charge in [-0.3, -0.25) is 0 Å². The van der Waals surface area contributed by atoms with Gasteiger partial charge in [0.25, 0.3) is 0 Å². The minimum atomic E-state index is -0.0252. The van der Waals surface area contributed by atoms with Gasteiger partial charge >= 0.3 is 25.8 Å². The van der Waals surface area contributed by atoms with Crippen LogP contribution in [-0.2, 0) is 75.7 Å². The van der Waals surface area contributed by atoms with E-state index in [1.54, 1.807) is 0 Å². The zero-order valence-corrected chi connectivity index (χ0v) is 81.3. The summed E-state index contributed by atoms with van der Waals surface area (Å²) in [5.41, 5.74) is 32.5. The van der Waals surface area contributed by atoms with E-state index in [4.69, 9.17) is 9.97 Å². The van der Waals surface area contributed by atoms with Crippen molar-refractivity contribution >= 4 is 43.6 Å². The molecule has 11 heteroatoms. The summed E-state index contributed by atoms with van der Waals surface area (Å²) in [6.07, 6.45) is 30.1. The molecule has 16 saturated carbocycles. The molecule has 8 aromatic carbocycles. The Morgan fingerprint density at radius 2 is 0.488 bits per heavy atom. The van der Waals surface area contributed by atoms with E-state index in [0.29, 0.717) is 0 Å². The number of fused-ring (bicyclic) bond motifs is 4. The average Bonchev–Trinajstić information content (AvgIpc) is 1.70. The molecule has 10 nitrogen and oxygen atoms in total. The fourth-order valence-electron chi connectivity index (χ4n) is 33.7. The molecule has 16 aliphatic rings. The van der Waals surface area contributed by atoms with Gasteiger partial charge in [0.15, 0.2) is 0 Å². The molecule has 6 aromatic heterocycles. The van der Waals surface area contributed by atoms with Crippen molar-refractivity contribution in [3.8, 4) is 113 Å². The quantitative estimate of drug-likeness (QED) is 0.112. The van der Waals surface area contributed by atoms with Gasteiger partial charge in [-0.25, -0.2) is 9.97 Å². The molecule has 652 valence electrons. The molecule has 16 fully saturated rings. The molecule has 0 unspecified atom stereocenters. The Morgan fingerprint density at radius 1 is 0.256 bits per heavy atom. The maximum absolute atomic E-state index is 15.8. The number of pyridine rings is 2. The summed E-state index contributed by atoms with van der Waals surface area (Å²) in [4.78, 5) is 11.4. The number of benzene rings is 8. The average molecular weight is 1870 g/mol. The van der Waals surface area contributed by atoms with Gasteiger partial charge in [-0.05, 0) is 429 Å². The second-order valence-electron chi connectivity index (χ2n) is 45.1. The van der Waals surface area contributed by atoms with Crippen molar-refractivity contribution in [3.05, 3.63) is 224 Å². The molecular formula is C118H122HfN6O4. The summed E-state index contributed by atoms with van der Waals surface area (Å²) < 4.78 is 9.03. The predicted octanol–water partition coefficient (Wildman–Crippen LogP) is 26.1. The number of hydrogen-bond donors (Lipinski definition) is 0. The van der Waals surface area contributed by atoms with E-state index in [1.807, 2.05) is 0 Å². The van der Waals surface area contributed by atoms with Crippen molar-refractivity contribution in [2.75, 3.05) is 0 Å². The van der Waals surface area contributed by atoms with Crippen LogP contribution in [0.2, 0.25) is 0 Å². The molecule has 16 aliphatic carbocycles. The van der Waals surface area contributed by atoms with E-state index in [0.717, 1.165) is 326 Å². The van der Waals surface area contributed by atoms with Crippen molar-refractivity contribution in [1.82, 2.24) is 28.2 Å². The monoisotopic (exact) mass is 1870 g/mol. The SMILES string of the molecule is Cc1cc(-c2c(-c3cccc(-c4c(-c5c(C)c(C)c(C)c(C67CC8CC(CC(C8)C6)C7)c5[O-])n(C)c5ccccc45)n3)c3ccccc3n2C)c([O-])c(C23CC4CC(CC(C4)C2)C3)c1.Cc1cc(-c2c(-c3cccc(-c4c(-c5c(C)c(C)c(C)c(C67CC8CC(CC(C8)C6)C7)c5[O-])n(C)c5ccccc45)n3)c3ccccc3n2C)c([O-])c(C23CC4CC(CC(C4)C2)C3)c1.[Hf+4]. The van der Waals surface area contributed by atoms with E-state index in [2.05, 4.69) is 260 Å². The molecule has 6 heterocycles. The summed E-state index contributed by atoms with van der Waals surface area (Å²) in [6.45, 7) is 17.7. The van der Waals surface area contributed by atoms with E-state index < -0.39 is 0 Å². The minimum Gasteiger partial charge on any atom is -0.872 e. The molecule has 30 rings (SSSR count). The zero-order chi connectivity index (χ0) is 87.1. The number of aryl methyl sites for hydroxylation is 6. The van der Waals surface area contributed by atoms with Crippen LogP contribution >= 0.6 is 0 Å². The fourth-order valence-corrected chi connectivity index (χ4v) is 33.7. The van der Waals surface area contributed by atoms with Gasteiger partial charge in [0.2, 0.25) is 0 Å². The van der Waals surface area contributed by atoms with Gasteiger partial charge in [-0.2, -0.15) is 0 Å². The van der Waals surface area contributed by atoms with Crippen molar-refractivity contribution < 1.29 is 46.3 Å². The third-order valence-electron chi connectivity index (χ3n) is 37.4. The molecule has 0 saturated heterocycles. The van der Waals surface area contributed by atoms with Crippen LogP contribution in [0, 0.1) is 126 Å². The molecular weight excluding hydrogens is 1740 g/mol. The number of para-hydroxylation sites is 4. The Bertz CT molecular complexity index is 6530. The van der Waals surface area contributed by atoms with E-state index >= 15 is 20.4 Å². The van der Waals surface area contributed by atoms with E-state index in [1.165, 1.54) is 99.3 Å². The van der Waals surface area contributed by atoms with Gasteiger partial charge in [-0.1, -0.05) is 143 Å². The van der Waals surface area contributed by atoms with Gasteiger partial charge in [-0.15, -0.1) is 0 Å². The van der Waals surface area contributed by atoms with Crippen LogP contribution in [0.15, 0.2) is 158 Å². The molecule has 0 N–H and O–H groups in total. The normalized spacial score (nSPS) is 28.7. The van der Waals surface area contributed by atoms with Crippen LogP contribution in [-0.4, -0.2) is 28.2 Å². The predicted molar refractivity (Wildman–Crippen MR) is 513 cm³/mol. The Morgan fingerprint density at radius 3 is 0.752 bits per heavy atom. The molecule has 0 aliphatic heterocycles. The second-order valence-corrected chi connectivity index (χ2v) is 45.1. The summed E-state index contributed by atoms with van der Waals surface area (Å²) in [5, 5.41) is 66.6. The Balaban J connectivity index is 0.000000142. The summed E-state index contributed by atoms with van der Waals surface area (Å²) in [6, 6.07) is 56.0. The van der Waals surface area contributed by atoms with Gasteiger partial charge < -0.3 is 38.7 Å². The van der Waals surface area contributed by atoms with Gasteiger partial charge in [0, 0.05) is 94.1 Å². The summed E-state index contributed by atoms with van der Waals surface area (Å²) in [5.74, 6) is 9.87. The smallest absolute Gasteiger partial charge is 0.872 e. The fraction of sp³-hybridized carbons (Fsp3) is 0.441. The first kappa shape index (κ1) is 82.4. The second kappa shape index (κ2) is 29.6. The maximum Gasteiger partial charge on any atom is 4.00 e. The van der Waals surface area contributed by atoms with Crippen LogP contribution in [0.5, 0.6) is 23.0 Å². The molecule has 16 bridgehead atoms. The van der Waals surface area contributed by atoms with E-state index in [-0.39, 0.29) is 70.5 Å². The largest absolute Gasteiger partial charge is 4.00 e. The minimum absolute atomic E-state index is 0. The number of hydrogen-bond acceptors (Lipinski definition) is 6.